The number of thiophene rings is 1. The van der Waals surface area contributed by atoms with Gasteiger partial charge in [0.15, 0.2) is 0 Å². The molecular weight excluding hydrogens is 332 g/mol. The minimum Gasteiger partial charge on any atom is -0.354 e. The molecular formula is C12H15ClN4O2S2. The molecule has 0 aliphatic rings. The number of nitrogens with one attached hydrogen (secondary N) is 2. The van der Waals surface area contributed by atoms with E-state index in [9.17, 15) is 8.42 Å². The highest BCUT2D eigenvalue weighted by Crippen LogP contribution is 2.21. The van der Waals surface area contributed by atoms with E-state index in [2.05, 4.69) is 20.0 Å². The Bertz CT molecular complexity index is 686. The summed E-state index contributed by atoms with van der Waals surface area (Å²) in [6.45, 7) is 2.95. The summed E-state index contributed by atoms with van der Waals surface area (Å²) in [5.41, 5.74) is 0. The number of aromatic nitrogens is 2. The van der Waals surface area contributed by atoms with Crippen molar-refractivity contribution in [2.24, 2.45) is 0 Å². The van der Waals surface area contributed by atoms with Crippen LogP contribution in [-0.2, 0) is 16.6 Å². The Kier molecular flexibility index (Phi) is 5.51. The van der Waals surface area contributed by atoms with Crippen molar-refractivity contribution in [3.8, 4) is 0 Å². The molecule has 2 heterocycles. The molecule has 0 saturated carbocycles. The summed E-state index contributed by atoms with van der Waals surface area (Å²) in [5, 5.41) is 2.98. The molecule has 2 aromatic rings. The van der Waals surface area contributed by atoms with E-state index in [0.29, 0.717) is 10.3 Å². The molecule has 2 rings (SSSR count). The Labute approximate surface area is 132 Å². The van der Waals surface area contributed by atoms with Crippen LogP contribution in [0.15, 0.2) is 29.4 Å². The van der Waals surface area contributed by atoms with E-state index in [1.165, 1.54) is 23.7 Å². The molecule has 9 heteroatoms. The highest BCUT2D eigenvalue weighted by Gasteiger charge is 2.15. The molecule has 0 unspecified atom stereocenters. The number of halogens is 1. The van der Waals surface area contributed by atoms with Gasteiger partial charge < -0.3 is 5.32 Å². The molecule has 0 fully saturated rings. The third-order valence-electron chi connectivity index (χ3n) is 2.54. The third-order valence-corrected chi connectivity index (χ3v) is 5.12. The smallest absolute Gasteiger partial charge is 0.243 e. The SMILES string of the molecule is CCCNc1ncc(S(=O)(=O)NCc2ccc(Cl)s2)cn1. The van der Waals surface area contributed by atoms with Crippen molar-refractivity contribution in [1.29, 1.82) is 0 Å². The molecule has 0 amide bonds. The van der Waals surface area contributed by atoms with Crippen LogP contribution in [0.2, 0.25) is 4.34 Å². The molecule has 0 bridgehead atoms. The lowest BCUT2D eigenvalue weighted by Crippen LogP contribution is -2.23. The summed E-state index contributed by atoms with van der Waals surface area (Å²) >= 11 is 7.13. The minimum atomic E-state index is -3.63. The summed E-state index contributed by atoms with van der Waals surface area (Å²) in [6, 6.07) is 3.51. The first-order valence-corrected chi connectivity index (χ1v) is 8.99. The standard InChI is InChI=1S/C12H15ClN4O2S2/c1-2-5-14-12-15-7-10(8-16-12)21(18,19)17-6-9-3-4-11(13)20-9/h3-4,7-8,17H,2,5-6H2,1H3,(H,14,15,16). The molecule has 0 atom stereocenters. The zero-order valence-corrected chi connectivity index (χ0v) is 13.7. The van der Waals surface area contributed by atoms with Gasteiger partial charge in [-0.1, -0.05) is 18.5 Å². The van der Waals surface area contributed by atoms with Crippen molar-refractivity contribution in [3.63, 3.8) is 0 Å². The third kappa shape index (κ3) is 4.63. The van der Waals surface area contributed by atoms with Crippen molar-refractivity contribution in [2.75, 3.05) is 11.9 Å². The number of rotatable bonds is 7. The molecule has 0 aromatic carbocycles. The second-order valence-electron chi connectivity index (χ2n) is 4.20. The molecule has 0 aliphatic carbocycles. The molecule has 0 saturated heterocycles. The minimum absolute atomic E-state index is 0.0344. The van der Waals surface area contributed by atoms with Gasteiger partial charge in [-0.15, -0.1) is 11.3 Å². The van der Waals surface area contributed by atoms with Crippen LogP contribution in [0.1, 0.15) is 18.2 Å². The van der Waals surface area contributed by atoms with Crippen LogP contribution in [0.4, 0.5) is 5.95 Å². The summed E-state index contributed by atoms with van der Waals surface area (Å²) < 4.78 is 27.3. The predicted molar refractivity (Wildman–Crippen MR) is 84.2 cm³/mol. The van der Waals surface area contributed by atoms with Crippen LogP contribution >= 0.6 is 22.9 Å². The van der Waals surface area contributed by atoms with Gasteiger partial charge in [0.25, 0.3) is 0 Å². The number of hydrogen-bond acceptors (Lipinski definition) is 6. The summed E-state index contributed by atoms with van der Waals surface area (Å²) in [7, 11) is -3.63. The number of anilines is 1. The van der Waals surface area contributed by atoms with Gasteiger partial charge in [0.05, 0.1) is 16.7 Å². The predicted octanol–water partition coefficient (Wildman–Crippen LogP) is 2.49. The molecule has 21 heavy (non-hydrogen) atoms. The zero-order valence-electron chi connectivity index (χ0n) is 11.3. The van der Waals surface area contributed by atoms with Crippen molar-refractivity contribution >= 4 is 38.9 Å². The quantitative estimate of drug-likeness (QED) is 0.804. The van der Waals surface area contributed by atoms with Gasteiger partial charge in [0, 0.05) is 18.0 Å². The Hall–Kier alpha value is -1.22. The highest BCUT2D eigenvalue weighted by molar-refractivity contribution is 7.89. The first-order valence-electron chi connectivity index (χ1n) is 6.31. The molecule has 114 valence electrons. The second-order valence-corrected chi connectivity index (χ2v) is 7.77. The lowest BCUT2D eigenvalue weighted by Gasteiger charge is -2.06. The normalized spacial score (nSPS) is 11.5. The van der Waals surface area contributed by atoms with Gasteiger partial charge in [-0.25, -0.2) is 23.1 Å². The average molecular weight is 347 g/mol. The van der Waals surface area contributed by atoms with Gasteiger partial charge in [0.1, 0.15) is 4.90 Å². The van der Waals surface area contributed by atoms with Gasteiger partial charge in [-0.05, 0) is 18.6 Å². The van der Waals surface area contributed by atoms with E-state index < -0.39 is 10.0 Å². The van der Waals surface area contributed by atoms with Crippen molar-refractivity contribution < 1.29 is 8.42 Å². The first-order chi connectivity index (χ1) is 10.0. The van der Waals surface area contributed by atoms with Gasteiger partial charge in [0.2, 0.25) is 16.0 Å². The van der Waals surface area contributed by atoms with Crippen molar-refractivity contribution in [2.45, 2.75) is 24.8 Å². The fourth-order valence-electron chi connectivity index (χ4n) is 1.48. The summed E-state index contributed by atoms with van der Waals surface area (Å²) in [4.78, 5) is 8.84. The Morgan fingerprint density at radius 2 is 2.00 bits per heavy atom. The van der Waals surface area contributed by atoms with Crippen LogP contribution in [0.3, 0.4) is 0 Å². The lowest BCUT2D eigenvalue weighted by atomic mass is 10.5. The topological polar surface area (TPSA) is 84.0 Å². The number of sulfonamides is 1. The average Bonchev–Trinajstić information content (AvgIpc) is 2.89. The second kappa shape index (κ2) is 7.17. The van der Waals surface area contributed by atoms with Gasteiger partial charge in [-0.3, -0.25) is 0 Å². The van der Waals surface area contributed by atoms with E-state index in [1.807, 2.05) is 6.92 Å². The van der Waals surface area contributed by atoms with Crippen LogP contribution in [0.25, 0.3) is 0 Å². The fourth-order valence-corrected chi connectivity index (χ4v) is 3.49. The van der Waals surface area contributed by atoms with Gasteiger partial charge in [-0.2, -0.15) is 0 Å². The summed E-state index contributed by atoms with van der Waals surface area (Å²) in [6.07, 6.45) is 3.51. The van der Waals surface area contributed by atoms with Crippen LogP contribution < -0.4 is 10.0 Å². The summed E-state index contributed by atoms with van der Waals surface area (Å²) in [5.74, 6) is 0.417. The molecule has 2 aromatic heterocycles. The maximum atomic E-state index is 12.1. The van der Waals surface area contributed by atoms with Crippen LogP contribution in [-0.4, -0.2) is 24.9 Å². The highest BCUT2D eigenvalue weighted by atomic mass is 35.5. The molecule has 0 aliphatic heterocycles. The Morgan fingerprint density at radius 1 is 1.29 bits per heavy atom. The van der Waals surface area contributed by atoms with E-state index in [1.54, 1.807) is 12.1 Å². The largest absolute Gasteiger partial charge is 0.354 e. The number of nitrogens with zero attached hydrogens (tertiary/aromatic N) is 2. The Morgan fingerprint density at radius 3 is 2.57 bits per heavy atom. The molecule has 6 nitrogen and oxygen atoms in total. The van der Waals surface area contributed by atoms with Gasteiger partial charge >= 0.3 is 0 Å². The molecule has 0 spiro atoms. The lowest BCUT2D eigenvalue weighted by molar-refractivity contribution is 0.581. The van der Waals surface area contributed by atoms with E-state index in [4.69, 9.17) is 11.6 Å². The van der Waals surface area contributed by atoms with Crippen LogP contribution in [0.5, 0.6) is 0 Å². The maximum absolute atomic E-state index is 12.1. The molecule has 0 radical (unpaired) electrons. The van der Waals surface area contributed by atoms with Crippen LogP contribution in [0, 0.1) is 0 Å². The van der Waals surface area contributed by atoms with E-state index in [0.717, 1.165) is 17.8 Å². The van der Waals surface area contributed by atoms with E-state index in [-0.39, 0.29) is 11.4 Å². The van der Waals surface area contributed by atoms with E-state index >= 15 is 0 Å². The number of hydrogen-bond donors (Lipinski definition) is 2. The Balaban J connectivity index is 2.01. The van der Waals surface area contributed by atoms with Crippen molar-refractivity contribution in [1.82, 2.24) is 14.7 Å². The maximum Gasteiger partial charge on any atom is 0.243 e. The zero-order chi connectivity index (χ0) is 15.3. The fraction of sp³-hybridized carbons (Fsp3) is 0.333. The molecule has 2 N–H and O–H groups in total. The first kappa shape index (κ1) is 16.2. The van der Waals surface area contributed by atoms with Crippen molar-refractivity contribution in [3.05, 3.63) is 33.7 Å². The monoisotopic (exact) mass is 346 g/mol.